The molecule has 1 saturated heterocycles. The van der Waals surface area contributed by atoms with Gasteiger partial charge in [0.25, 0.3) is 0 Å². The van der Waals surface area contributed by atoms with E-state index in [-0.39, 0.29) is 5.91 Å². The minimum Gasteiger partial charge on any atom is -0.343 e. The molecule has 0 bridgehead atoms. The van der Waals surface area contributed by atoms with Gasteiger partial charge in [-0.25, -0.2) is 4.98 Å². The Hall–Kier alpha value is -2.99. The highest BCUT2D eigenvalue weighted by Gasteiger charge is 2.22. The summed E-state index contributed by atoms with van der Waals surface area (Å²) in [4.78, 5) is 21.2. The van der Waals surface area contributed by atoms with Crippen LogP contribution in [-0.2, 0) is 11.2 Å². The van der Waals surface area contributed by atoms with Crippen molar-refractivity contribution in [1.82, 2.24) is 14.3 Å². The molecule has 0 radical (unpaired) electrons. The Labute approximate surface area is 169 Å². The topological polar surface area (TPSA) is 49.3 Å². The molecule has 0 spiro atoms. The average molecular weight is 391 g/mol. The molecule has 0 unspecified atom stereocenters. The normalized spacial score (nSPS) is 14.6. The summed E-state index contributed by atoms with van der Waals surface area (Å²) in [6, 6.07) is 20.1. The lowest BCUT2D eigenvalue weighted by Crippen LogP contribution is -2.48. The minimum absolute atomic E-state index is 0.0607. The Morgan fingerprint density at radius 2 is 1.64 bits per heavy atom. The molecule has 0 atom stereocenters. The zero-order valence-electron chi connectivity index (χ0n) is 15.6. The zero-order chi connectivity index (χ0) is 19.2. The van der Waals surface area contributed by atoms with Crippen molar-refractivity contribution in [3.05, 3.63) is 83.7 Å². The molecule has 1 aliphatic heterocycles. The van der Waals surface area contributed by atoms with Crippen LogP contribution >= 0.6 is 11.5 Å². The number of piperazine rings is 1. The molecule has 1 aliphatic rings. The van der Waals surface area contributed by atoms with E-state index >= 15 is 0 Å². The summed E-state index contributed by atoms with van der Waals surface area (Å²) in [6.07, 6.45) is 4.28. The van der Waals surface area contributed by atoms with Crippen LogP contribution in [0.5, 0.6) is 0 Å². The molecule has 5 nitrogen and oxygen atoms in total. The maximum Gasteiger partial charge on any atom is 0.246 e. The third-order valence-electron chi connectivity index (χ3n) is 4.74. The molecule has 0 N–H and O–H groups in total. The molecular weight excluding hydrogens is 368 g/mol. The number of hydrogen-bond donors (Lipinski definition) is 0. The summed E-state index contributed by atoms with van der Waals surface area (Å²) in [5.74, 6) is 0.918. The van der Waals surface area contributed by atoms with Gasteiger partial charge >= 0.3 is 0 Å². The van der Waals surface area contributed by atoms with Gasteiger partial charge in [-0.15, -0.1) is 0 Å². The molecule has 2 aromatic carbocycles. The number of aromatic nitrogens is 2. The summed E-state index contributed by atoms with van der Waals surface area (Å²) in [7, 11) is 0. The number of nitrogens with zero attached hydrogens (tertiary/aromatic N) is 4. The van der Waals surface area contributed by atoms with Crippen LogP contribution in [0.2, 0.25) is 0 Å². The van der Waals surface area contributed by atoms with E-state index in [1.807, 2.05) is 59.5 Å². The predicted molar refractivity (Wildman–Crippen MR) is 113 cm³/mol. The van der Waals surface area contributed by atoms with Crippen molar-refractivity contribution >= 4 is 28.6 Å². The number of amides is 1. The number of carbonyl (C=O) groups excluding carboxylic acids is 1. The molecule has 6 heteroatoms. The van der Waals surface area contributed by atoms with E-state index in [4.69, 9.17) is 4.98 Å². The quantitative estimate of drug-likeness (QED) is 0.626. The second-order valence-corrected chi connectivity index (χ2v) is 7.44. The van der Waals surface area contributed by atoms with Gasteiger partial charge in [-0.05, 0) is 17.2 Å². The molecule has 142 valence electrons. The number of anilines is 1. The standard InChI is InChI=1S/C22H22N4OS/c27-21(12-11-18-7-3-1-4-8-18)25-13-15-26(16-14-25)22-23-20(24-28-22)17-19-9-5-2-6-10-19/h1-12H,13-17H2/b12-11+. The minimum atomic E-state index is 0.0607. The Morgan fingerprint density at radius 3 is 2.36 bits per heavy atom. The first-order valence-electron chi connectivity index (χ1n) is 9.41. The van der Waals surface area contributed by atoms with E-state index in [1.165, 1.54) is 17.1 Å². The molecule has 0 aliphatic carbocycles. The Kier molecular flexibility index (Phi) is 5.77. The number of hydrogen-bond acceptors (Lipinski definition) is 5. The van der Waals surface area contributed by atoms with Crippen LogP contribution in [0.4, 0.5) is 5.13 Å². The molecule has 1 aromatic heterocycles. The predicted octanol–water partition coefficient (Wildman–Crippen LogP) is 3.49. The SMILES string of the molecule is O=C(/C=C/c1ccccc1)N1CCN(c2nc(Cc3ccccc3)ns2)CC1. The fraction of sp³-hybridized carbons (Fsp3) is 0.227. The first kappa shape index (κ1) is 18.4. The van der Waals surface area contributed by atoms with Crippen LogP contribution in [0.1, 0.15) is 17.0 Å². The van der Waals surface area contributed by atoms with Crippen molar-refractivity contribution in [2.24, 2.45) is 0 Å². The monoisotopic (exact) mass is 390 g/mol. The van der Waals surface area contributed by atoms with E-state index in [1.54, 1.807) is 6.08 Å². The lowest BCUT2D eigenvalue weighted by Gasteiger charge is -2.33. The van der Waals surface area contributed by atoms with Gasteiger partial charge in [0.05, 0.1) is 0 Å². The van der Waals surface area contributed by atoms with Crippen LogP contribution < -0.4 is 4.90 Å². The largest absolute Gasteiger partial charge is 0.343 e. The molecule has 1 amide bonds. The fourth-order valence-electron chi connectivity index (χ4n) is 3.18. The van der Waals surface area contributed by atoms with Gasteiger partial charge in [-0.3, -0.25) is 4.79 Å². The van der Waals surface area contributed by atoms with Gasteiger partial charge in [-0.2, -0.15) is 4.37 Å². The van der Waals surface area contributed by atoms with Crippen molar-refractivity contribution in [3.8, 4) is 0 Å². The number of rotatable bonds is 5. The van der Waals surface area contributed by atoms with E-state index < -0.39 is 0 Å². The summed E-state index contributed by atoms with van der Waals surface area (Å²) in [5.41, 5.74) is 2.25. The fourth-order valence-corrected chi connectivity index (χ4v) is 3.92. The van der Waals surface area contributed by atoms with Crippen LogP contribution in [0.25, 0.3) is 6.08 Å². The number of benzene rings is 2. The molecule has 1 fully saturated rings. The van der Waals surface area contributed by atoms with E-state index in [2.05, 4.69) is 21.4 Å². The third kappa shape index (κ3) is 4.64. The molecular formula is C22H22N4OS. The van der Waals surface area contributed by atoms with Crippen LogP contribution in [0.15, 0.2) is 66.7 Å². The molecule has 4 rings (SSSR count). The highest BCUT2D eigenvalue weighted by molar-refractivity contribution is 7.09. The second-order valence-electron chi connectivity index (χ2n) is 6.71. The van der Waals surface area contributed by atoms with Crippen molar-refractivity contribution in [2.75, 3.05) is 31.1 Å². The number of carbonyl (C=O) groups is 1. The van der Waals surface area contributed by atoms with Crippen LogP contribution in [0, 0.1) is 0 Å². The summed E-state index contributed by atoms with van der Waals surface area (Å²) >= 11 is 1.44. The highest BCUT2D eigenvalue weighted by atomic mass is 32.1. The summed E-state index contributed by atoms with van der Waals surface area (Å²) in [6.45, 7) is 2.97. The first-order valence-corrected chi connectivity index (χ1v) is 10.2. The Balaban J connectivity index is 1.30. The maximum atomic E-state index is 12.4. The first-order chi connectivity index (χ1) is 13.8. The summed E-state index contributed by atoms with van der Waals surface area (Å²) in [5, 5.41) is 0.942. The molecule has 3 aromatic rings. The molecule has 2 heterocycles. The van der Waals surface area contributed by atoms with Crippen molar-refractivity contribution in [1.29, 1.82) is 0 Å². The Bertz CT molecular complexity index is 931. The van der Waals surface area contributed by atoms with Gasteiger partial charge < -0.3 is 9.80 Å². The second kappa shape index (κ2) is 8.80. The van der Waals surface area contributed by atoms with Crippen LogP contribution in [-0.4, -0.2) is 46.3 Å². The van der Waals surface area contributed by atoms with Crippen molar-refractivity contribution in [2.45, 2.75) is 6.42 Å². The van der Waals surface area contributed by atoms with Crippen molar-refractivity contribution in [3.63, 3.8) is 0 Å². The van der Waals surface area contributed by atoms with E-state index in [0.717, 1.165) is 36.0 Å². The van der Waals surface area contributed by atoms with Crippen molar-refractivity contribution < 1.29 is 4.79 Å². The van der Waals surface area contributed by atoms with Gasteiger partial charge in [0, 0.05) is 50.2 Å². The smallest absolute Gasteiger partial charge is 0.246 e. The van der Waals surface area contributed by atoms with Gasteiger partial charge in [0.2, 0.25) is 11.0 Å². The third-order valence-corrected chi connectivity index (χ3v) is 5.56. The maximum absolute atomic E-state index is 12.4. The van der Waals surface area contributed by atoms with E-state index in [0.29, 0.717) is 13.1 Å². The van der Waals surface area contributed by atoms with Gasteiger partial charge in [0.1, 0.15) is 5.82 Å². The average Bonchev–Trinajstić information content (AvgIpc) is 3.22. The van der Waals surface area contributed by atoms with Crippen LogP contribution in [0.3, 0.4) is 0 Å². The summed E-state index contributed by atoms with van der Waals surface area (Å²) < 4.78 is 4.50. The lowest BCUT2D eigenvalue weighted by atomic mass is 10.1. The van der Waals surface area contributed by atoms with E-state index in [9.17, 15) is 4.79 Å². The zero-order valence-corrected chi connectivity index (χ0v) is 16.4. The molecule has 0 saturated carbocycles. The lowest BCUT2D eigenvalue weighted by molar-refractivity contribution is -0.126. The van der Waals surface area contributed by atoms with Gasteiger partial charge in [-0.1, -0.05) is 60.7 Å². The van der Waals surface area contributed by atoms with Gasteiger partial charge in [0.15, 0.2) is 0 Å². The Morgan fingerprint density at radius 1 is 0.964 bits per heavy atom. The molecule has 28 heavy (non-hydrogen) atoms. The highest BCUT2D eigenvalue weighted by Crippen LogP contribution is 2.20.